The molecule has 1 saturated heterocycles. The third kappa shape index (κ3) is 4.42. The second kappa shape index (κ2) is 9.45. The molecule has 2 heterocycles. The fourth-order valence-corrected chi connectivity index (χ4v) is 4.43. The summed E-state index contributed by atoms with van der Waals surface area (Å²) in [6.07, 6.45) is 1.48. The molecular formula is C28H29NO7. The van der Waals surface area contributed by atoms with Gasteiger partial charge in [-0.3, -0.25) is 9.59 Å². The summed E-state index contributed by atoms with van der Waals surface area (Å²) in [5, 5.41) is 21.9. The molecule has 1 amide bonds. The van der Waals surface area contributed by atoms with Gasteiger partial charge in [-0.2, -0.15) is 0 Å². The smallest absolute Gasteiger partial charge is 0.296 e. The molecule has 3 aromatic rings. The first-order valence-corrected chi connectivity index (χ1v) is 11.4. The number of amides is 1. The number of phenolic OH excluding ortho intramolecular Hbond substituents is 1. The quantitative estimate of drug-likeness (QED) is 0.286. The van der Waals surface area contributed by atoms with Gasteiger partial charge in [0.2, 0.25) is 0 Å². The van der Waals surface area contributed by atoms with E-state index in [0.717, 1.165) is 5.56 Å². The number of hydrogen-bond acceptors (Lipinski definition) is 7. The first-order valence-electron chi connectivity index (χ1n) is 11.4. The average molecular weight is 492 g/mol. The van der Waals surface area contributed by atoms with Crippen LogP contribution in [-0.2, 0) is 21.5 Å². The van der Waals surface area contributed by atoms with Crippen LogP contribution >= 0.6 is 0 Å². The number of benzene rings is 2. The Morgan fingerprint density at radius 2 is 1.72 bits per heavy atom. The number of aliphatic hydroxyl groups is 1. The molecule has 1 aliphatic rings. The fourth-order valence-electron chi connectivity index (χ4n) is 4.43. The molecule has 0 radical (unpaired) electrons. The minimum absolute atomic E-state index is 0.00165. The maximum atomic E-state index is 13.3. The van der Waals surface area contributed by atoms with E-state index in [1.54, 1.807) is 49.6 Å². The van der Waals surface area contributed by atoms with Gasteiger partial charge >= 0.3 is 0 Å². The van der Waals surface area contributed by atoms with E-state index in [4.69, 9.17) is 13.9 Å². The molecule has 2 aromatic carbocycles. The van der Waals surface area contributed by atoms with Gasteiger partial charge in [-0.15, -0.1) is 0 Å². The molecule has 8 nitrogen and oxygen atoms in total. The van der Waals surface area contributed by atoms with Gasteiger partial charge in [-0.1, -0.05) is 26.8 Å². The van der Waals surface area contributed by atoms with Gasteiger partial charge in [0, 0.05) is 11.1 Å². The van der Waals surface area contributed by atoms with Crippen molar-refractivity contribution in [3.05, 3.63) is 82.8 Å². The molecule has 1 aromatic heterocycles. The largest absolute Gasteiger partial charge is 0.507 e. The number of methoxy groups -OCH3 is 2. The highest BCUT2D eigenvalue weighted by Gasteiger charge is 2.46. The summed E-state index contributed by atoms with van der Waals surface area (Å²) in [7, 11) is 2.99. The fraction of sp³-hybridized carbons (Fsp3) is 0.286. The number of likely N-dealkylation sites (tertiary alicyclic amines) is 1. The van der Waals surface area contributed by atoms with Gasteiger partial charge in [-0.25, -0.2) is 0 Å². The molecule has 8 heteroatoms. The highest BCUT2D eigenvalue weighted by Crippen LogP contribution is 2.43. The van der Waals surface area contributed by atoms with Crippen LogP contribution in [0.5, 0.6) is 17.2 Å². The SMILES string of the molecule is COc1ccc(C2/C(=C(/O)c3ccc(OC)c(C(C)(C)C)c3)C(=O)C(=O)N2Cc2ccco2)cc1O. The molecular weight excluding hydrogens is 462 g/mol. The minimum atomic E-state index is -0.966. The number of nitrogens with zero attached hydrogens (tertiary/aromatic N) is 1. The summed E-state index contributed by atoms with van der Waals surface area (Å²) < 4.78 is 16.1. The molecule has 0 aliphatic carbocycles. The normalized spacial score (nSPS) is 17.5. The third-order valence-corrected chi connectivity index (χ3v) is 6.25. The Morgan fingerprint density at radius 1 is 1.03 bits per heavy atom. The van der Waals surface area contributed by atoms with E-state index in [1.807, 2.05) is 20.8 Å². The van der Waals surface area contributed by atoms with E-state index < -0.39 is 17.7 Å². The van der Waals surface area contributed by atoms with Gasteiger partial charge < -0.3 is 29.0 Å². The van der Waals surface area contributed by atoms with Crippen LogP contribution in [0.2, 0.25) is 0 Å². The standard InChI is InChI=1S/C28H29NO7/c1-28(2,3)19-13-17(9-10-21(19)34-4)25(31)23-24(16-8-11-22(35-5)20(30)14-16)29(27(33)26(23)32)15-18-7-6-12-36-18/h6-14,24,30-31H,15H2,1-5H3/b25-23-. The van der Waals surface area contributed by atoms with E-state index in [9.17, 15) is 19.8 Å². The molecule has 1 fully saturated rings. The molecule has 0 saturated carbocycles. The lowest BCUT2D eigenvalue weighted by Gasteiger charge is -2.25. The molecule has 0 spiro atoms. The Kier molecular flexibility index (Phi) is 6.54. The van der Waals surface area contributed by atoms with E-state index in [0.29, 0.717) is 22.6 Å². The van der Waals surface area contributed by atoms with Gasteiger partial charge in [0.15, 0.2) is 11.5 Å². The maximum Gasteiger partial charge on any atom is 0.296 e. The lowest BCUT2D eigenvalue weighted by Crippen LogP contribution is -2.29. The van der Waals surface area contributed by atoms with Crippen molar-refractivity contribution >= 4 is 17.4 Å². The van der Waals surface area contributed by atoms with Gasteiger partial charge in [0.25, 0.3) is 11.7 Å². The predicted octanol–water partition coefficient (Wildman–Crippen LogP) is 4.92. The van der Waals surface area contributed by atoms with Crippen LogP contribution in [0.25, 0.3) is 5.76 Å². The van der Waals surface area contributed by atoms with Crippen LogP contribution in [0.1, 0.15) is 49.3 Å². The first-order chi connectivity index (χ1) is 17.1. The van der Waals surface area contributed by atoms with Crippen LogP contribution < -0.4 is 9.47 Å². The van der Waals surface area contributed by atoms with E-state index in [1.165, 1.54) is 24.3 Å². The molecule has 1 unspecified atom stereocenters. The summed E-state index contributed by atoms with van der Waals surface area (Å²) >= 11 is 0. The number of aromatic hydroxyl groups is 1. The Hall–Kier alpha value is -4.20. The Morgan fingerprint density at radius 3 is 2.31 bits per heavy atom. The van der Waals surface area contributed by atoms with E-state index in [-0.39, 0.29) is 34.8 Å². The average Bonchev–Trinajstić information content (AvgIpc) is 3.45. The van der Waals surface area contributed by atoms with Crippen molar-refractivity contribution in [2.75, 3.05) is 14.2 Å². The van der Waals surface area contributed by atoms with Crippen LogP contribution in [0, 0.1) is 0 Å². The van der Waals surface area contributed by atoms with Crippen LogP contribution in [0.15, 0.2) is 64.8 Å². The van der Waals surface area contributed by atoms with Crippen molar-refractivity contribution in [3.8, 4) is 17.2 Å². The Labute approximate surface area is 209 Å². The number of rotatable bonds is 6. The zero-order valence-corrected chi connectivity index (χ0v) is 20.9. The first kappa shape index (κ1) is 24.9. The lowest BCUT2D eigenvalue weighted by molar-refractivity contribution is -0.140. The second-order valence-corrected chi connectivity index (χ2v) is 9.60. The number of carbonyl (C=O) groups is 2. The molecule has 1 aliphatic heterocycles. The summed E-state index contributed by atoms with van der Waals surface area (Å²) in [6.45, 7) is 6.03. The summed E-state index contributed by atoms with van der Waals surface area (Å²) in [4.78, 5) is 27.8. The van der Waals surface area contributed by atoms with Crippen LogP contribution in [-0.4, -0.2) is 41.0 Å². The highest BCUT2D eigenvalue weighted by atomic mass is 16.5. The van der Waals surface area contributed by atoms with Crippen molar-refractivity contribution in [2.45, 2.75) is 38.8 Å². The number of aliphatic hydroxyl groups excluding tert-OH is 1. The number of ether oxygens (including phenoxy) is 2. The summed E-state index contributed by atoms with van der Waals surface area (Å²) in [5.41, 5.74) is 1.25. The molecule has 188 valence electrons. The van der Waals surface area contributed by atoms with Crippen molar-refractivity contribution in [1.82, 2.24) is 4.90 Å². The van der Waals surface area contributed by atoms with Gasteiger partial charge in [0.1, 0.15) is 17.3 Å². The number of phenols is 1. The lowest BCUT2D eigenvalue weighted by atomic mass is 9.84. The van der Waals surface area contributed by atoms with Gasteiger partial charge in [-0.05, 0) is 53.4 Å². The molecule has 2 N–H and O–H groups in total. The van der Waals surface area contributed by atoms with E-state index in [2.05, 4.69) is 0 Å². The zero-order valence-electron chi connectivity index (χ0n) is 20.9. The number of hydrogen-bond donors (Lipinski definition) is 2. The topological polar surface area (TPSA) is 109 Å². The third-order valence-electron chi connectivity index (χ3n) is 6.25. The van der Waals surface area contributed by atoms with Crippen LogP contribution in [0.3, 0.4) is 0 Å². The van der Waals surface area contributed by atoms with Gasteiger partial charge in [0.05, 0.1) is 38.6 Å². The minimum Gasteiger partial charge on any atom is -0.507 e. The maximum absolute atomic E-state index is 13.3. The van der Waals surface area contributed by atoms with Crippen molar-refractivity contribution < 1.29 is 33.7 Å². The van der Waals surface area contributed by atoms with Crippen molar-refractivity contribution in [1.29, 1.82) is 0 Å². The number of Topliss-reactive ketones (excluding diaryl/α,β-unsaturated/α-hetero) is 1. The van der Waals surface area contributed by atoms with E-state index >= 15 is 0 Å². The molecule has 1 atom stereocenters. The molecule has 4 rings (SSSR count). The van der Waals surface area contributed by atoms with Crippen LogP contribution in [0.4, 0.5) is 0 Å². The monoisotopic (exact) mass is 491 g/mol. The molecule has 0 bridgehead atoms. The van der Waals surface area contributed by atoms with Crippen molar-refractivity contribution in [3.63, 3.8) is 0 Å². The number of ketones is 1. The summed E-state index contributed by atoms with van der Waals surface area (Å²) in [5.74, 6) is -0.716. The number of furan rings is 1. The predicted molar refractivity (Wildman–Crippen MR) is 133 cm³/mol. The summed E-state index contributed by atoms with van der Waals surface area (Å²) in [6, 6.07) is 12.2. The zero-order chi connectivity index (χ0) is 26.2. The molecule has 36 heavy (non-hydrogen) atoms. The second-order valence-electron chi connectivity index (χ2n) is 9.60. The number of carbonyl (C=O) groups excluding carboxylic acids is 2. The Bertz CT molecular complexity index is 1330. The van der Waals surface area contributed by atoms with Crippen molar-refractivity contribution in [2.24, 2.45) is 0 Å². The Balaban J connectivity index is 1.91. The highest BCUT2D eigenvalue weighted by molar-refractivity contribution is 6.46.